The Kier molecular flexibility index (Phi) is 7.81. The molecule has 1 aliphatic rings. The number of pyridine rings is 1. The van der Waals surface area contributed by atoms with Crippen LogP contribution in [0.1, 0.15) is 17.2 Å². The quantitative estimate of drug-likeness (QED) is 0.225. The lowest BCUT2D eigenvalue weighted by Crippen LogP contribution is -3.00. The number of halogens is 2. The van der Waals surface area contributed by atoms with Gasteiger partial charge in [0.1, 0.15) is 6.54 Å². The van der Waals surface area contributed by atoms with Crippen molar-refractivity contribution in [2.75, 3.05) is 18.4 Å². The van der Waals surface area contributed by atoms with E-state index in [1.165, 1.54) is 0 Å². The zero-order valence-electron chi connectivity index (χ0n) is 12.8. The van der Waals surface area contributed by atoms with Crippen molar-refractivity contribution in [1.82, 2.24) is 5.32 Å². The first-order chi connectivity index (χ1) is 10.1. The van der Waals surface area contributed by atoms with E-state index in [0.29, 0.717) is 0 Å². The highest BCUT2D eigenvalue weighted by Crippen LogP contribution is 2.33. The summed E-state index contributed by atoms with van der Waals surface area (Å²) in [6.45, 7) is 1.58. The first kappa shape index (κ1) is 20.2. The van der Waals surface area contributed by atoms with Gasteiger partial charge in [0.2, 0.25) is 0 Å². The van der Waals surface area contributed by atoms with E-state index in [9.17, 15) is 10.2 Å². The van der Waals surface area contributed by atoms with Crippen LogP contribution in [0, 0.1) is 0 Å². The number of fused-ring (bicyclic) bond motifs is 1. The van der Waals surface area contributed by atoms with Crippen molar-refractivity contribution in [1.29, 1.82) is 0 Å². The van der Waals surface area contributed by atoms with Crippen molar-refractivity contribution in [3.05, 3.63) is 47.7 Å². The number of aromatic nitrogens is 1. The zero-order valence-corrected chi connectivity index (χ0v) is 17.3. The van der Waals surface area contributed by atoms with Gasteiger partial charge in [0.05, 0.1) is 19.3 Å². The minimum absolute atomic E-state index is 0. The first-order valence-corrected chi connectivity index (χ1v) is 7.12. The van der Waals surface area contributed by atoms with E-state index in [1.54, 1.807) is 12.1 Å². The molecule has 7 heteroatoms. The molecule has 0 spiro atoms. The Bertz CT molecular complexity index is 668. The largest absolute Gasteiger partial charge is 1.00 e. The predicted molar refractivity (Wildman–Crippen MR) is 95.7 cm³/mol. The number of hydrogen-bond acceptors (Lipinski definition) is 4. The lowest BCUT2D eigenvalue weighted by molar-refractivity contribution is -0.657. The lowest BCUT2D eigenvalue weighted by atomic mass is 9.93. The van der Waals surface area contributed by atoms with Crippen LogP contribution < -0.4 is 39.2 Å². The summed E-state index contributed by atoms with van der Waals surface area (Å²) in [6.07, 6.45) is 2.85. The number of benzene rings is 1. The minimum atomic E-state index is -0.0623. The molecule has 4 N–H and O–H groups in total. The SMILES string of the molecule is C[n+]1ccccc1NCC1NCCc2cc(O)c(O)cc21.I.[I-]. The Morgan fingerprint density at radius 3 is 2.74 bits per heavy atom. The fourth-order valence-corrected chi connectivity index (χ4v) is 2.76. The number of rotatable bonds is 3. The second kappa shape index (κ2) is 8.88. The number of phenols is 2. The number of hydrogen-bond donors (Lipinski definition) is 4. The maximum atomic E-state index is 9.72. The van der Waals surface area contributed by atoms with Crippen molar-refractivity contribution >= 4 is 29.8 Å². The Balaban J connectivity index is 0.00000132. The highest BCUT2D eigenvalue weighted by Gasteiger charge is 2.23. The Morgan fingerprint density at radius 1 is 1.26 bits per heavy atom. The molecule has 0 radical (unpaired) electrons. The molecule has 23 heavy (non-hydrogen) atoms. The van der Waals surface area contributed by atoms with E-state index in [0.717, 1.165) is 36.5 Å². The van der Waals surface area contributed by atoms with E-state index in [4.69, 9.17) is 0 Å². The first-order valence-electron chi connectivity index (χ1n) is 7.12. The third-order valence-electron chi connectivity index (χ3n) is 3.94. The smallest absolute Gasteiger partial charge is 0.274 e. The fraction of sp³-hybridized carbons (Fsp3) is 0.312. The molecule has 2 heterocycles. The molecule has 0 saturated heterocycles. The highest BCUT2D eigenvalue weighted by molar-refractivity contribution is 14.0. The summed E-state index contributed by atoms with van der Waals surface area (Å²) in [5.41, 5.74) is 2.14. The second-order valence-corrected chi connectivity index (χ2v) is 5.37. The molecule has 0 aliphatic carbocycles. The highest BCUT2D eigenvalue weighted by atomic mass is 127. The summed E-state index contributed by atoms with van der Waals surface area (Å²) in [4.78, 5) is 0. The van der Waals surface area contributed by atoms with Crippen LogP contribution in [0.3, 0.4) is 0 Å². The van der Waals surface area contributed by atoms with Crippen LogP contribution in [0.5, 0.6) is 11.5 Å². The third-order valence-corrected chi connectivity index (χ3v) is 3.94. The van der Waals surface area contributed by atoms with Crippen LogP contribution in [-0.4, -0.2) is 23.3 Å². The molecule has 0 amide bonds. The predicted octanol–water partition coefficient (Wildman–Crippen LogP) is -1.16. The molecule has 0 fully saturated rings. The number of nitrogens with zero attached hydrogens (tertiary/aromatic N) is 1. The molecule has 0 bridgehead atoms. The van der Waals surface area contributed by atoms with Gasteiger partial charge in [-0.25, -0.2) is 4.57 Å². The summed E-state index contributed by atoms with van der Waals surface area (Å²) in [7, 11) is 1.99. The third kappa shape index (κ3) is 4.60. The summed E-state index contributed by atoms with van der Waals surface area (Å²) in [5, 5.41) is 26.2. The monoisotopic (exact) mass is 541 g/mol. The van der Waals surface area contributed by atoms with E-state index >= 15 is 0 Å². The van der Waals surface area contributed by atoms with Gasteiger partial charge in [0, 0.05) is 6.07 Å². The minimum Gasteiger partial charge on any atom is -1.00 e. The van der Waals surface area contributed by atoms with Gasteiger partial charge in [-0.05, 0) is 42.3 Å². The van der Waals surface area contributed by atoms with Crippen LogP contribution in [-0.2, 0) is 13.5 Å². The number of anilines is 1. The summed E-state index contributed by atoms with van der Waals surface area (Å²) in [5.74, 6) is 0.930. The number of aryl methyl sites for hydroxylation is 1. The van der Waals surface area contributed by atoms with Crippen molar-refractivity contribution in [3.63, 3.8) is 0 Å². The van der Waals surface area contributed by atoms with Gasteiger partial charge in [-0.2, -0.15) is 0 Å². The van der Waals surface area contributed by atoms with E-state index in [1.807, 2.05) is 36.0 Å². The average molecular weight is 541 g/mol. The van der Waals surface area contributed by atoms with Crippen molar-refractivity contribution in [2.24, 2.45) is 7.05 Å². The molecular weight excluding hydrogens is 520 g/mol. The van der Waals surface area contributed by atoms with Gasteiger partial charge in [0.25, 0.3) is 5.82 Å². The van der Waals surface area contributed by atoms with Crippen LogP contribution in [0.2, 0.25) is 0 Å². The number of nitrogens with one attached hydrogen (secondary N) is 2. The van der Waals surface area contributed by atoms with Gasteiger partial charge >= 0.3 is 0 Å². The average Bonchev–Trinajstić information content (AvgIpc) is 2.48. The molecule has 126 valence electrons. The summed E-state index contributed by atoms with van der Waals surface area (Å²) in [6, 6.07) is 9.45. The van der Waals surface area contributed by atoms with Crippen molar-refractivity contribution in [3.8, 4) is 11.5 Å². The maximum Gasteiger partial charge on any atom is 0.274 e. The molecule has 1 aromatic carbocycles. The topological polar surface area (TPSA) is 68.4 Å². The molecule has 2 aromatic rings. The van der Waals surface area contributed by atoms with Crippen LogP contribution in [0.15, 0.2) is 36.5 Å². The van der Waals surface area contributed by atoms with Crippen LogP contribution in [0.25, 0.3) is 0 Å². The molecule has 1 aliphatic heterocycles. The summed E-state index contributed by atoms with van der Waals surface area (Å²) < 4.78 is 2.03. The molecule has 1 atom stereocenters. The Hall–Kier alpha value is -0.810. The van der Waals surface area contributed by atoms with E-state index < -0.39 is 0 Å². The molecule has 0 saturated carbocycles. The Labute approximate surface area is 170 Å². The standard InChI is InChI=1S/C16H19N3O2.2HI/c1-19-7-3-2-4-16(19)18-10-13-12-9-15(21)14(20)8-11(12)5-6-17-13;;/h2-4,7-9,13,17,20-21H,5-6,10H2,1H3;2*1H. The zero-order chi connectivity index (χ0) is 14.8. The molecule has 5 nitrogen and oxygen atoms in total. The van der Waals surface area contributed by atoms with Gasteiger partial charge < -0.3 is 39.5 Å². The maximum absolute atomic E-state index is 9.72. The molecule has 3 rings (SSSR count). The second-order valence-electron chi connectivity index (χ2n) is 5.37. The molecule has 1 aromatic heterocycles. The van der Waals surface area contributed by atoms with Crippen molar-refractivity contribution in [2.45, 2.75) is 12.5 Å². The lowest BCUT2D eigenvalue weighted by Gasteiger charge is -2.26. The number of aromatic hydroxyl groups is 2. The van der Waals surface area contributed by atoms with Gasteiger partial charge in [-0.1, -0.05) is 6.07 Å². The van der Waals surface area contributed by atoms with Crippen LogP contribution in [0.4, 0.5) is 5.82 Å². The fourth-order valence-electron chi connectivity index (χ4n) is 2.76. The normalized spacial score (nSPS) is 15.8. The molecule has 1 unspecified atom stereocenters. The van der Waals surface area contributed by atoms with Crippen molar-refractivity contribution < 1.29 is 38.8 Å². The molecular formula is C16H21I2N3O2. The van der Waals surface area contributed by atoms with Gasteiger partial charge in [-0.3, -0.25) is 5.32 Å². The van der Waals surface area contributed by atoms with E-state index in [2.05, 4.69) is 10.6 Å². The Morgan fingerprint density at radius 2 is 2.00 bits per heavy atom. The number of phenolic OH excluding ortho intramolecular Hbond substituents is 2. The van der Waals surface area contributed by atoms with E-state index in [-0.39, 0.29) is 65.5 Å². The van der Waals surface area contributed by atoms with Crippen LogP contribution >= 0.6 is 24.0 Å². The van der Waals surface area contributed by atoms with Gasteiger partial charge in [-0.15, -0.1) is 24.0 Å². The van der Waals surface area contributed by atoms with Gasteiger partial charge in [0.15, 0.2) is 11.5 Å². The summed E-state index contributed by atoms with van der Waals surface area (Å²) >= 11 is 0.